The fraction of sp³-hybridized carbons (Fsp3) is 0.385. The smallest absolute Gasteiger partial charge is 0.303 e. The van der Waals surface area contributed by atoms with Crippen molar-refractivity contribution < 1.29 is 14.4 Å². The van der Waals surface area contributed by atoms with E-state index in [1.807, 2.05) is 12.1 Å². The Hall–Kier alpha value is -2.24. The van der Waals surface area contributed by atoms with Gasteiger partial charge in [0.15, 0.2) is 5.82 Å². The SMILES string of the molecule is O=C(O)CCCCc1nc(Cc2cccnc2)no1. The van der Waals surface area contributed by atoms with Crippen LogP contribution in [-0.4, -0.2) is 26.2 Å². The van der Waals surface area contributed by atoms with Gasteiger partial charge < -0.3 is 9.63 Å². The van der Waals surface area contributed by atoms with E-state index in [0.717, 1.165) is 12.0 Å². The van der Waals surface area contributed by atoms with Crippen LogP contribution >= 0.6 is 0 Å². The van der Waals surface area contributed by atoms with Gasteiger partial charge in [0.25, 0.3) is 0 Å². The van der Waals surface area contributed by atoms with Crippen molar-refractivity contribution in [2.24, 2.45) is 0 Å². The molecule has 0 aliphatic carbocycles. The van der Waals surface area contributed by atoms with Crippen molar-refractivity contribution in [1.29, 1.82) is 0 Å². The predicted molar refractivity (Wildman–Crippen MR) is 66.5 cm³/mol. The Morgan fingerprint density at radius 1 is 1.37 bits per heavy atom. The standard InChI is InChI=1S/C13H15N3O3/c17-13(18)6-2-1-5-12-15-11(16-19-12)8-10-4-3-7-14-9-10/h3-4,7,9H,1-2,5-6,8H2,(H,17,18). The average Bonchev–Trinajstić information content (AvgIpc) is 2.83. The van der Waals surface area contributed by atoms with E-state index in [2.05, 4.69) is 15.1 Å². The number of hydrogen-bond acceptors (Lipinski definition) is 5. The molecule has 0 spiro atoms. The number of nitrogens with zero attached hydrogens (tertiary/aromatic N) is 3. The number of rotatable bonds is 7. The summed E-state index contributed by atoms with van der Waals surface area (Å²) >= 11 is 0. The first-order chi connectivity index (χ1) is 9.24. The summed E-state index contributed by atoms with van der Waals surface area (Å²) in [5.41, 5.74) is 1.03. The predicted octanol–water partition coefficient (Wildman–Crippen LogP) is 1.85. The summed E-state index contributed by atoms with van der Waals surface area (Å²) in [6.45, 7) is 0. The van der Waals surface area contributed by atoms with E-state index >= 15 is 0 Å². The van der Waals surface area contributed by atoms with Crippen molar-refractivity contribution in [2.45, 2.75) is 32.1 Å². The van der Waals surface area contributed by atoms with E-state index in [4.69, 9.17) is 9.63 Å². The van der Waals surface area contributed by atoms with Crippen LogP contribution in [0.1, 0.15) is 36.5 Å². The first-order valence-corrected chi connectivity index (χ1v) is 6.16. The van der Waals surface area contributed by atoms with Gasteiger partial charge in [-0.2, -0.15) is 4.98 Å². The van der Waals surface area contributed by atoms with Crippen LogP contribution in [-0.2, 0) is 17.6 Å². The zero-order chi connectivity index (χ0) is 13.5. The van der Waals surface area contributed by atoms with Crippen LogP contribution in [0.5, 0.6) is 0 Å². The van der Waals surface area contributed by atoms with Gasteiger partial charge in [-0.25, -0.2) is 0 Å². The summed E-state index contributed by atoms with van der Waals surface area (Å²) < 4.78 is 5.11. The molecule has 2 rings (SSSR count). The monoisotopic (exact) mass is 261 g/mol. The highest BCUT2D eigenvalue weighted by Gasteiger charge is 2.07. The third-order valence-corrected chi connectivity index (χ3v) is 2.63. The summed E-state index contributed by atoms with van der Waals surface area (Å²) in [6.07, 6.45) is 6.23. The molecule has 2 aromatic heterocycles. The van der Waals surface area contributed by atoms with Crippen LogP contribution in [0.25, 0.3) is 0 Å². The molecule has 0 fully saturated rings. The molecule has 6 nitrogen and oxygen atoms in total. The first-order valence-electron chi connectivity index (χ1n) is 6.16. The Morgan fingerprint density at radius 2 is 2.26 bits per heavy atom. The van der Waals surface area contributed by atoms with Crippen molar-refractivity contribution >= 4 is 5.97 Å². The van der Waals surface area contributed by atoms with E-state index < -0.39 is 5.97 Å². The van der Waals surface area contributed by atoms with Gasteiger partial charge in [0.2, 0.25) is 5.89 Å². The number of hydrogen-bond donors (Lipinski definition) is 1. The largest absolute Gasteiger partial charge is 0.481 e. The van der Waals surface area contributed by atoms with E-state index in [1.54, 1.807) is 12.4 Å². The van der Waals surface area contributed by atoms with Crippen molar-refractivity contribution in [3.8, 4) is 0 Å². The molecule has 19 heavy (non-hydrogen) atoms. The van der Waals surface area contributed by atoms with E-state index in [9.17, 15) is 4.79 Å². The van der Waals surface area contributed by atoms with Crippen molar-refractivity contribution in [3.05, 3.63) is 41.8 Å². The molecule has 0 atom stereocenters. The van der Waals surface area contributed by atoms with Crippen molar-refractivity contribution in [1.82, 2.24) is 15.1 Å². The molecule has 0 saturated heterocycles. The van der Waals surface area contributed by atoms with Crippen LogP contribution in [0.4, 0.5) is 0 Å². The number of aliphatic carboxylic acids is 1. The Bertz CT molecular complexity index is 525. The van der Waals surface area contributed by atoms with Gasteiger partial charge in [0.05, 0.1) is 0 Å². The van der Waals surface area contributed by atoms with Crippen LogP contribution in [0.2, 0.25) is 0 Å². The molecule has 0 saturated carbocycles. The molecule has 0 unspecified atom stereocenters. The highest BCUT2D eigenvalue weighted by atomic mass is 16.5. The normalized spacial score (nSPS) is 10.5. The lowest BCUT2D eigenvalue weighted by atomic mass is 10.2. The van der Waals surface area contributed by atoms with Crippen LogP contribution in [0, 0.1) is 0 Å². The van der Waals surface area contributed by atoms with Crippen LogP contribution in [0.15, 0.2) is 29.0 Å². The fourth-order valence-corrected chi connectivity index (χ4v) is 1.70. The van der Waals surface area contributed by atoms with Gasteiger partial charge in [-0.3, -0.25) is 9.78 Å². The molecule has 6 heteroatoms. The van der Waals surface area contributed by atoms with E-state index in [0.29, 0.717) is 31.0 Å². The van der Waals surface area contributed by atoms with E-state index in [1.165, 1.54) is 0 Å². The average molecular weight is 261 g/mol. The number of carbonyl (C=O) groups is 1. The second kappa shape index (κ2) is 6.63. The molecule has 0 bridgehead atoms. The fourth-order valence-electron chi connectivity index (χ4n) is 1.70. The molecular formula is C13H15N3O3. The maximum absolute atomic E-state index is 10.4. The minimum atomic E-state index is -0.775. The second-order valence-electron chi connectivity index (χ2n) is 4.24. The van der Waals surface area contributed by atoms with Gasteiger partial charge in [-0.05, 0) is 24.5 Å². The summed E-state index contributed by atoms with van der Waals surface area (Å²) in [6, 6.07) is 3.82. The van der Waals surface area contributed by atoms with Gasteiger partial charge in [-0.1, -0.05) is 11.2 Å². The van der Waals surface area contributed by atoms with Crippen LogP contribution in [0.3, 0.4) is 0 Å². The molecule has 0 aliphatic rings. The Morgan fingerprint density at radius 3 is 3.00 bits per heavy atom. The number of pyridine rings is 1. The topological polar surface area (TPSA) is 89.1 Å². The molecule has 0 radical (unpaired) electrons. The number of carboxylic acid groups (broad SMARTS) is 1. The van der Waals surface area contributed by atoms with Gasteiger partial charge in [0, 0.05) is 31.7 Å². The summed E-state index contributed by atoms with van der Waals surface area (Å²) in [7, 11) is 0. The second-order valence-corrected chi connectivity index (χ2v) is 4.24. The summed E-state index contributed by atoms with van der Waals surface area (Å²) in [5, 5.41) is 12.4. The number of aromatic nitrogens is 3. The molecule has 2 aromatic rings. The Kier molecular flexibility index (Phi) is 4.60. The lowest BCUT2D eigenvalue weighted by Crippen LogP contribution is -1.95. The van der Waals surface area contributed by atoms with E-state index in [-0.39, 0.29) is 6.42 Å². The highest BCUT2D eigenvalue weighted by Crippen LogP contribution is 2.08. The van der Waals surface area contributed by atoms with Gasteiger partial charge >= 0.3 is 5.97 Å². The lowest BCUT2D eigenvalue weighted by molar-refractivity contribution is -0.137. The molecule has 1 N–H and O–H groups in total. The maximum Gasteiger partial charge on any atom is 0.303 e. The van der Waals surface area contributed by atoms with Crippen molar-refractivity contribution in [2.75, 3.05) is 0 Å². The zero-order valence-electron chi connectivity index (χ0n) is 10.5. The molecule has 0 aliphatic heterocycles. The molecular weight excluding hydrogens is 246 g/mol. The lowest BCUT2D eigenvalue weighted by Gasteiger charge is -1.94. The quantitative estimate of drug-likeness (QED) is 0.765. The Labute approximate surface area is 110 Å². The Balaban J connectivity index is 1.80. The van der Waals surface area contributed by atoms with Gasteiger partial charge in [-0.15, -0.1) is 0 Å². The summed E-state index contributed by atoms with van der Waals surface area (Å²) in [4.78, 5) is 18.7. The highest BCUT2D eigenvalue weighted by molar-refractivity contribution is 5.66. The zero-order valence-corrected chi connectivity index (χ0v) is 10.5. The number of aryl methyl sites for hydroxylation is 1. The number of unbranched alkanes of at least 4 members (excludes halogenated alkanes) is 1. The third kappa shape index (κ3) is 4.50. The van der Waals surface area contributed by atoms with Crippen molar-refractivity contribution in [3.63, 3.8) is 0 Å². The molecule has 0 amide bonds. The molecule has 100 valence electrons. The first kappa shape index (κ1) is 13.2. The third-order valence-electron chi connectivity index (χ3n) is 2.63. The van der Waals surface area contributed by atoms with Crippen LogP contribution < -0.4 is 0 Å². The maximum atomic E-state index is 10.4. The minimum absolute atomic E-state index is 0.177. The minimum Gasteiger partial charge on any atom is -0.481 e. The van der Waals surface area contributed by atoms with Gasteiger partial charge in [0.1, 0.15) is 0 Å². The molecule has 0 aromatic carbocycles. The summed E-state index contributed by atoms with van der Waals surface area (Å²) in [5.74, 6) is 0.410. The number of carboxylic acids is 1. The molecule has 2 heterocycles.